The van der Waals surface area contributed by atoms with Crippen molar-refractivity contribution < 1.29 is 19.4 Å². The zero-order valence-corrected chi connectivity index (χ0v) is 9.80. The molecule has 0 fully saturated rings. The lowest BCUT2D eigenvalue weighted by Crippen LogP contribution is -2.27. The van der Waals surface area contributed by atoms with Crippen LogP contribution < -0.4 is 4.90 Å². The standard InChI is InChI=1S/C10H13N3O4/c1-6-4-7(13(2)5-8(14)15)12-9(11-6)10(16)17-3/h4H,5H2,1-3H3,(H,14,15). The summed E-state index contributed by atoms with van der Waals surface area (Å²) in [5.41, 5.74) is 0.563. The summed E-state index contributed by atoms with van der Waals surface area (Å²) in [7, 11) is 2.80. The molecule has 7 nitrogen and oxygen atoms in total. The molecule has 0 radical (unpaired) electrons. The Morgan fingerprint density at radius 2 is 2.12 bits per heavy atom. The normalized spacial score (nSPS) is 9.82. The molecule has 0 unspecified atom stereocenters. The van der Waals surface area contributed by atoms with Gasteiger partial charge in [0.25, 0.3) is 0 Å². The van der Waals surface area contributed by atoms with E-state index in [0.717, 1.165) is 0 Å². The first-order valence-electron chi connectivity index (χ1n) is 4.81. The predicted molar refractivity (Wildman–Crippen MR) is 59.0 cm³/mol. The first kappa shape index (κ1) is 12.9. The Balaban J connectivity index is 3.04. The highest BCUT2D eigenvalue weighted by Crippen LogP contribution is 2.11. The van der Waals surface area contributed by atoms with Crippen molar-refractivity contribution in [1.29, 1.82) is 0 Å². The number of carbonyl (C=O) groups excluding carboxylic acids is 1. The third-order valence-electron chi connectivity index (χ3n) is 1.97. The second-order valence-corrected chi connectivity index (χ2v) is 3.43. The molecule has 0 aliphatic carbocycles. The largest absolute Gasteiger partial charge is 0.480 e. The number of rotatable bonds is 4. The summed E-state index contributed by atoms with van der Waals surface area (Å²) >= 11 is 0. The molecule has 1 aromatic heterocycles. The molecular formula is C10H13N3O4. The quantitative estimate of drug-likeness (QED) is 0.744. The molecule has 1 N–H and O–H groups in total. The third kappa shape index (κ3) is 3.40. The minimum Gasteiger partial charge on any atom is -0.480 e. The van der Waals surface area contributed by atoms with Gasteiger partial charge in [0.15, 0.2) is 0 Å². The van der Waals surface area contributed by atoms with Gasteiger partial charge in [-0.3, -0.25) is 4.79 Å². The van der Waals surface area contributed by atoms with E-state index in [2.05, 4.69) is 14.7 Å². The smallest absolute Gasteiger partial charge is 0.376 e. The molecule has 1 rings (SSSR count). The van der Waals surface area contributed by atoms with Crippen LogP contribution in [0.2, 0.25) is 0 Å². The summed E-state index contributed by atoms with van der Waals surface area (Å²) in [5.74, 6) is -1.36. The first-order chi connectivity index (χ1) is 7.93. The lowest BCUT2D eigenvalue weighted by Gasteiger charge is -2.16. The van der Waals surface area contributed by atoms with Crippen LogP contribution in [0.1, 0.15) is 16.3 Å². The van der Waals surface area contributed by atoms with Gasteiger partial charge < -0.3 is 14.7 Å². The summed E-state index contributed by atoms with van der Waals surface area (Å²) in [6.45, 7) is 1.48. The van der Waals surface area contributed by atoms with Crippen LogP contribution in [0.4, 0.5) is 5.82 Å². The highest BCUT2D eigenvalue weighted by Gasteiger charge is 2.14. The molecule has 1 heterocycles. The van der Waals surface area contributed by atoms with Crippen LogP contribution in [0, 0.1) is 6.92 Å². The van der Waals surface area contributed by atoms with E-state index in [0.29, 0.717) is 11.5 Å². The highest BCUT2D eigenvalue weighted by atomic mass is 16.5. The predicted octanol–water partition coefficient (Wildman–Crippen LogP) is 0.0924. The number of aliphatic carboxylic acids is 1. The summed E-state index contributed by atoms with van der Waals surface area (Å²) in [6.07, 6.45) is 0. The Morgan fingerprint density at radius 1 is 1.47 bits per heavy atom. The van der Waals surface area contributed by atoms with E-state index in [-0.39, 0.29) is 12.4 Å². The zero-order valence-electron chi connectivity index (χ0n) is 9.80. The van der Waals surface area contributed by atoms with E-state index in [1.54, 1.807) is 20.0 Å². The maximum absolute atomic E-state index is 11.3. The summed E-state index contributed by atoms with van der Waals surface area (Å²) in [5, 5.41) is 8.66. The minimum atomic E-state index is -0.983. The van der Waals surface area contributed by atoms with Crippen LogP contribution in [0.25, 0.3) is 0 Å². The van der Waals surface area contributed by atoms with E-state index >= 15 is 0 Å². The van der Waals surface area contributed by atoms with Crippen molar-refractivity contribution in [1.82, 2.24) is 9.97 Å². The highest BCUT2D eigenvalue weighted by molar-refractivity contribution is 5.85. The van der Waals surface area contributed by atoms with Gasteiger partial charge in [0.05, 0.1) is 7.11 Å². The molecule has 92 valence electrons. The Kier molecular flexibility index (Phi) is 3.97. The number of aromatic nitrogens is 2. The van der Waals surface area contributed by atoms with Gasteiger partial charge in [-0.1, -0.05) is 0 Å². The van der Waals surface area contributed by atoms with Crippen molar-refractivity contribution >= 4 is 17.8 Å². The number of hydrogen-bond donors (Lipinski definition) is 1. The van der Waals surface area contributed by atoms with Crippen molar-refractivity contribution in [2.45, 2.75) is 6.92 Å². The van der Waals surface area contributed by atoms with Crippen LogP contribution in [0.15, 0.2) is 6.07 Å². The lowest BCUT2D eigenvalue weighted by atomic mass is 10.4. The average molecular weight is 239 g/mol. The van der Waals surface area contributed by atoms with Crippen molar-refractivity contribution in [2.75, 3.05) is 25.6 Å². The molecule has 0 aliphatic heterocycles. The molecule has 0 aromatic carbocycles. The van der Waals surface area contributed by atoms with Gasteiger partial charge >= 0.3 is 11.9 Å². The number of ether oxygens (including phenoxy) is 1. The topological polar surface area (TPSA) is 92.6 Å². The SMILES string of the molecule is COC(=O)c1nc(C)cc(N(C)CC(=O)O)n1. The fourth-order valence-electron chi connectivity index (χ4n) is 1.21. The number of likely N-dealkylation sites (N-methyl/N-ethyl adjacent to an activating group) is 1. The van der Waals surface area contributed by atoms with Gasteiger partial charge in [-0.25, -0.2) is 14.8 Å². The molecule has 0 saturated heterocycles. The van der Waals surface area contributed by atoms with E-state index in [4.69, 9.17) is 5.11 Å². The van der Waals surface area contributed by atoms with Crippen molar-refractivity contribution in [3.8, 4) is 0 Å². The Bertz CT molecular complexity index is 447. The number of carboxylic acids is 1. The molecule has 0 aliphatic rings. The molecule has 17 heavy (non-hydrogen) atoms. The van der Waals surface area contributed by atoms with E-state index in [1.165, 1.54) is 12.0 Å². The first-order valence-corrected chi connectivity index (χ1v) is 4.81. The molecular weight excluding hydrogens is 226 g/mol. The molecule has 0 saturated carbocycles. The Hall–Kier alpha value is -2.18. The van der Waals surface area contributed by atoms with Crippen molar-refractivity contribution in [3.63, 3.8) is 0 Å². The van der Waals surface area contributed by atoms with Crippen molar-refractivity contribution in [2.24, 2.45) is 0 Å². The van der Waals surface area contributed by atoms with E-state index < -0.39 is 11.9 Å². The number of anilines is 1. The average Bonchev–Trinajstić information content (AvgIpc) is 2.26. The lowest BCUT2D eigenvalue weighted by molar-refractivity contribution is -0.135. The summed E-state index contributed by atoms with van der Waals surface area (Å²) < 4.78 is 4.51. The number of hydrogen-bond acceptors (Lipinski definition) is 6. The maximum atomic E-state index is 11.3. The zero-order chi connectivity index (χ0) is 13.0. The summed E-state index contributed by atoms with van der Waals surface area (Å²) in [4.78, 5) is 31.1. The fourth-order valence-corrected chi connectivity index (χ4v) is 1.21. The number of aryl methyl sites for hydroxylation is 1. The monoisotopic (exact) mass is 239 g/mol. The fraction of sp³-hybridized carbons (Fsp3) is 0.400. The van der Waals surface area contributed by atoms with E-state index in [9.17, 15) is 9.59 Å². The number of methoxy groups -OCH3 is 1. The van der Waals surface area contributed by atoms with Gasteiger partial charge in [-0.05, 0) is 6.92 Å². The van der Waals surface area contributed by atoms with Gasteiger partial charge in [0.2, 0.25) is 5.82 Å². The van der Waals surface area contributed by atoms with Crippen LogP contribution in [0.3, 0.4) is 0 Å². The number of esters is 1. The molecule has 0 spiro atoms. The minimum absolute atomic E-state index is 0.0836. The molecule has 7 heteroatoms. The molecule has 0 bridgehead atoms. The van der Waals surface area contributed by atoms with Crippen LogP contribution >= 0.6 is 0 Å². The van der Waals surface area contributed by atoms with Crippen LogP contribution in [-0.2, 0) is 9.53 Å². The van der Waals surface area contributed by atoms with Gasteiger partial charge in [-0.2, -0.15) is 0 Å². The van der Waals surface area contributed by atoms with Crippen LogP contribution in [0.5, 0.6) is 0 Å². The Morgan fingerprint density at radius 3 is 2.65 bits per heavy atom. The van der Waals surface area contributed by atoms with Gasteiger partial charge in [0.1, 0.15) is 12.4 Å². The second kappa shape index (κ2) is 5.24. The number of nitrogens with zero attached hydrogens (tertiary/aromatic N) is 3. The van der Waals surface area contributed by atoms with E-state index in [1.807, 2.05) is 0 Å². The molecule has 0 amide bonds. The maximum Gasteiger partial charge on any atom is 0.376 e. The Labute approximate surface area is 98.1 Å². The van der Waals surface area contributed by atoms with Gasteiger partial charge in [-0.15, -0.1) is 0 Å². The third-order valence-corrected chi connectivity index (χ3v) is 1.97. The van der Waals surface area contributed by atoms with Gasteiger partial charge in [0, 0.05) is 18.8 Å². The second-order valence-electron chi connectivity index (χ2n) is 3.43. The molecule has 0 atom stereocenters. The van der Waals surface area contributed by atoms with Crippen molar-refractivity contribution in [3.05, 3.63) is 17.6 Å². The molecule has 1 aromatic rings. The number of carboxylic acid groups (broad SMARTS) is 1. The van der Waals surface area contributed by atoms with Crippen LogP contribution in [-0.4, -0.2) is 47.7 Å². The summed E-state index contributed by atoms with van der Waals surface area (Å²) in [6, 6.07) is 1.59. The number of carbonyl (C=O) groups is 2.